The molecule has 0 bridgehead atoms. The van der Waals surface area contributed by atoms with Crippen molar-refractivity contribution < 1.29 is 4.39 Å². The Morgan fingerprint density at radius 1 is 1.08 bits per heavy atom. The molecule has 1 aromatic heterocycles. The number of hydrogen-bond acceptors (Lipinski definition) is 5. The Hall–Kier alpha value is -3.02. The van der Waals surface area contributed by atoms with Gasteiger partial charge < -0.3 is 10.6 Å². The van der Waals surface area contributed by atoms with Gasteiger partial charge in [0.25, 0.3) is 0 Å². The van der Waals surface area contributed by atoms with E-state index >= 15 is 0 Å². The van der Waals surface area contributed by atoms with E-state index in [4.69, 9.17) is 0 Å². The molecule has 122 valence electrons. The number of rotatable bonds is 5. The highest BCUT2D eigenvalue weighted by Crippen LogP contribution is 2.20. The van der Waals surface area contributed by atoms with E-state index in [1.165, 1.54) is 12.3 Å². The number of hydrogen-bond donors (Lipinski definition) is 2. The van der Waals surface area contributed by atoms with E-state index in [0.717, 1.165) is 16.8 Å². The molecule has 0 amide bonds. The van der Waals surface area contributed by atoms with Crippen LogP contribution < -0.4 is 10.6 Å². The smallest absolute Gasteiger partial charge is 0.249 e. The third-order valence-corrected chi connectivity index (χ3v) is 3.62. The largest absolute Gasteiger partial charge is 0.364 e. The SMILES string of the molecule is Cc1ccc(C)c(Nc2nncc(NCc3ccccc3F)n2)c1. The fourth-order valence-corrected chi connectivity index (χ4v) is 2.26. The summed E-state index contributed by atoms with van der Waals surface area (Å²) in [5, 5.41) is 14.2. The van der Waals surface area contributed by atoms with E-state index in [0.29, 0.717) is 23.9 Å². The monoisotopic (exact) mass is 323 g/mol. The minimum Gasteiger partial charge on any atom is -0.364 e. The van der Waals surface area contributed by atoms with Gasteiger partial charge in [-0.2, -0.15) is 10.1 Å². The Bertz CT molecular complexity index is 850. The first kappa shape index (κ1) is 15.9. The van der Waals surface area contributed by atoms with Gasteiger partial charge in [-0.3, -0.25) is 0 Å². The number of nitrogens with one attached hydrogen (secondary N) is 2. The van der Waals surface area contributed by atoms with Crippen molar-refractivity contribution in [3.05, 3.63) is 71.2 Å². The fraction of sp³-hybridized carbons (Fsp3) is 0.167. The van der Waals surface area contributed by atoms with Gasteiger partial charge in [-0.05, 0) is 37.1 Å². The van der Waals surface area contributed by atoms with Crippen molar-refractivity contribution in [2.24, 2.45) is 0 Å². The highest BCUT2D eigenvalue weighted by atomic mass is 19.1. The summed E-state index contributed by atoms with van der Waals surface area (Å²) in [7, 11) is 0. The lowest BCUT2D eigenvalue weighted by atomic mass is 10.1. The van der Waals surface area contributed by atoms with Crippen molar-refractivity contribution >= 4 is 17.5 Å². The molecule has 0 saturated carbocycles. The van der Waals surface area contributed by atoms with Gasteiger partial charge in [0.2, 0.25) is 5.95 Å². The summed E-state index contributed by atoms with van der Waals surface area (Å²) in [4.78, 5) is 4.37. The molecule has 2 aromatic carbocycles. The molecule has 0 radical (unpaired) electrons. The lowest BCUT2D eigenvalue weighted by Crippen LogP contribution is -2.07. The molecule has 0 aliphatic heterocycles. The molecule has 0 saturated heterocycles. The summed E-state index contributed by atoms with van der Waals surface area (Å²) in [5.41, 5.74) is 3.74. The zero-order valence-electron chi connectivity index (χ0n) is 13.5. The zero-order chi connectivity index (χ0) is 16.9. The van der Waals surface area contributed by atoms with Crippen molar-refractivity contribution in [2.45, 2.75) is 20.4 Å². The average Bonchev–Trinajstić information content (AvgIpc) is 2.58. The van der Waals surface area contributed by atoms with E-state index in [1.54, 1.807) is 18.2 Å². The highest BCUT2D eigenvalue weighted by molar-refractivity contribution is 5.59. The predicted molar refractivity (Wildman–Crippen MR) is 92.8 cm³/mol. The standard InChI is InChI=1S/C18H18FN5/c1-12-7-8-13(2)16(9-12)22-18-23-17(11-21-24-18)20-10-14-5-3-4-6-15(14)19/h3-9,11H,10H2,1-2H3,(H2,20,22,23,24). The summed E-state index contributed by atoms with van der Waals surface area (Å²) in [6.45, 7) is 4.36. The topological polar surface area (TPSA) is 62.7 Å². The molecule has 0 atom stereocenters. The predicted octanol–water partition coefficient (Wildman–Crippen LogP) is 3.98. The van der Waals surface area contributed by atoms with Crippen LogP contribution in [-0.2, 0) is 6.54 Å². The van der Waals surface area contributed by atoms with Gasteiger partial charge in [-0.15, -0.1) is 5.10 Å². The third-order valence-electron chi connectivity index (χ3n) is 3.62. The van der Waals surface area contributed by atoms with E-state index in [2.05, 4.69) is 25.8 Å². The number of benzene rings is 2. The van der Waals surface area contributed by atoms with Crippen LogP contribution in [0.5, 0.6) is 0 Å². The maximum absolute atomic E-state index is 13.6. The van der Waals surface area contributed by atoms with Crippen molar-refractivity contribution in [3.8, 4) is 0 Å². The van der Waals surface area contributed by atoms with Crippen LogP contribution in [0.15, 0.2) is 48.7 Å². The molecule has 2 N–H and O–H groups in total. The second-order valence-corrected chi connectivity index (χ2v) is 5.55. The van der Waals surface area contributed by atoms with Gasteiger partial charge in [0, 0.05) is 17.8 Å². The molecular formula is C18H18FN5. The van der Waals surface area contributed by atoms with Gasteiger partial charge in [-0.1, -0.05) is 30.3 Å². The molecule has 1 heterocycles. The summed E-state index contributed by atoms with van der Waals surface area (Å²) in [6, 6.07) is 12.7. The Kier molecular flexibility index (Phi) is 4.65. The van der Waals surface area contributed by atoms with Gasteiger partial charge in [-0.25, -0.2) is 4.39 Å². The fourth-order valence-electron chi connectivity index (χ4n) is 2.26. The van der Waals surface area contributed by atoms with Crippen LogP contribution in [-0.4, -0.2) is 15.2 Å². The Balaban J connectivity index is 1.72. The van der Waals surface area contributed by atoms with Crippen LogP contribution in [0.25, 0.3) is 0 Å². The lowest BCUT2D eigenvalue weighted by Gasteiger charge is -2.10. The minimum atomic E-state index is -0.249. The lowest BCUT2D eigenvalue weighted by molar-refractivity contribution is 0.613. The van der Waals surface area contributed by atoms with E-state index in [9.17, 15) is 4.39 Å². The number of aryl methyl sites for hydroxylation is 2. The zero-order valence-corrected chi connectivity index (χ0v) is 13.5. The molecule has 24 heavy (non-hydrogen) atoms. The quantitative estimate of drug-likeness (QED) is 0.743. The number of anilines is 3. The van der Waals surface area contributed by atoms with E-state index < -0.39 is 0 Å². The Labute approximate surface area is 140 Å². The molecule has 3 aromatic rings. The second kappa shape index (κ2) is 7.04. The normalized spacial score (nSPS) is 10.5. The summed E-state index contributed by atoms with van der Waals surface area (Å²) >= 11 is 0. The van der Waals surface area contributed by atoms with Gasteiger partial charge in [0.1, 0.15) is 5.82 Å². The molecule has 5 nitrogen and oxygen atoms in total. The van der Waals surface area contributed by atoms with Crippen LogP contribution in [0.1, 0.15) is 16.7 Å². The molecule has 6 heteroatoms. The Morgan fingerprint density at radius 3 is 2.75 bits per heavy atom. The number of nitrogens with zero attached hydrogens (tertiary/aromatic N) is 3. The Morgan fingerprint density at radius 2 is 1.92 bits per heavy atom. The van der Waals surface area contributed by atoms with Crippen LogP contribution in [0.3, 0.4) is 0 Å². The first-order valence-electron chi connectivity index (χ1n) is 7.63. The van der Waals surface area contributed by atoms with Gasteiger partial charge in [0.15, 0.2) is 5.82 Å². The third kappa shape index (κ3) is 3.84. The first-order valence-corrected chi connectivity index (χ1v) is 7.63. The van der Waals surface area contributed by atoms with E-state index in [-0.39, 0.29) is 5.82 Å². The molecule has 0 fully saturated rings. The summed E-state index contributed by atoms with van der Waals surface area (Å²) in [5.74, 6) is 0.670. The van der Waals surface area contributed by atoms with Crippen LogP contribution in [0.2, 0.25) is 0 Å². The first-order chi connectivity index (χ1) is 11.6. The van der Waals surface area contributed by atoms with Crippen molar-refractivity contribution in [1.29, 1.82) is 0 Å². The number of halogens is 1. The van der Waals surface area contributed by atoms with Crippen LogP contribution in [0, 0.1) is 19.7 Å². The maximum atomic E-state index is 13.6. The van der Waals surface area contributed by atoms with Crippen LogP contribution >= 0.6 is 0 Å². The molecule has 0 spiro atoms. The van der Waals surface area contributed by atoms with Crippen LogP contribution in [0.4, 0.5) is 21.8 Å². The summed E-state index contributed by atoms with van der Waals surface area (Å²) in [6.07, 6.45) is 1.51. The maximum Gasteiger partial charge on any atom is 0.249 e. The number of aromatic nitrogens is 3. The molecule has 3 rings (SSSR count). The highest BCUT2D eigenvalue weighted by Gasteiger charge is 2.05. The molecule has 0 unspecified atom stereocenters. The minimum absolute atomic E-state index is 0.249. The molecular weight excluding hydrogens is 305 g/mol. The van der Waals surface area contributed by atoms with Gasteiger partial charge >= 0.3 is 0 Å². The van der Waals surface area contributed by atoms with Crippen molar-refractivity contribution in [3.63, 3.8) is 0 Å². The van der Waals surface area contributed by atoms with Crippen molar-refractivity contribution in [1.82, 2.24) is 15.2 Å². The van der Waals surface area contributed by atoms with E-state index in [1.807, 2.05) is 32.0 Å². The van der Waals surface area contributed by atoms with Crippen molar-refractivity contribution in [2.75, 3.05) is 10.6 Å². The molecule has 0 aliphatic carbocycles. The van der Waals surface area contributed by atoms with Gasteiger partial charge in [0.05, 0.1) is 6.20 Å². The second-order valence-electron chi connectivity index (χ2n) is 5.55. The molecule has 0 aliphatic rings. The summed E-state index contributed by atoms with van der Waals surface area (Å²) < 4.78 is 13.6. The average molecular weight is 323 g/mol.